The third-order valence-corrected chi connectivity index (χ3v) is 5.36. The van der Waals surface area contributed by atoms with Gasteiger partial charge in [0, 0.05) is 23.6 Å². The van der Waals surface area contributed by atoms with Gasteiger partial charge >= 0.3 is 5.97 Å². The lowest BCUT2D eigenvalue weighted by Crippen LogP contribution is -2.23. The molecule has 1 aromatic heterocycles. The molecule has 174 valence electrons. The zero-order valence-electron chi connectivity index (χ0n) is 19.7. The highest BCUT2D eigenvalue weighted by atomic mass is 16.5. The molecule has 7 nitrogen and oxygen atoms in total. The number of nitriles is 1. The molecule has 0 atom stereocenters. The number of amides is 1. The summed E-state index contributed by atoms with van der Waals surface area (Å²) < 4.78 is 12.2. The molecule has 0 spiro atoms. The summed E-state index contributed by atoms with van der Waals surface area (Å²) in [5.74, 6) is -0.101. The molecule has 1 amide bonds. The average Bonchev–Trinajstić information content (AvgIpc) is 3.13. The Kier molecular flexibility index (Phi) is 7.88. The minimum Gasteiger partial charge on any atom is -0.497 e. The molecule has 0 saturated carbocycles. The van der Waals surface area contributed by atoms with E-state index in [0.717, 1.165) is 34.0 Å². The number of aryl methyl sites for hydroxylation is 1. The van der Waals surface area contributed by atoms with Crippen molar-refractivity contribution in [1.82, 2.24) is 9.88 Å². The molecular weight excluding hydrogens is 430 g/mol. The molecule has 3 rings (SSSR count). The third kappa shape index (κ3) is 5.54. The molecule has 0 unspecified atom stereocenters. The molecule has 0 aliphatic heterocycles. The van der Waals surface area contributed by atoms with Gasteiger partial charge in [-0.25, -0.2) is 4.79 Å². The van der Waals surface area contributed by atoms with Crippen LogP contribution in [0.4, 0.5) is 0 Å². The highest BCUT2D eigenvalue weighted by Gasteiger charge is 2.15. The van der Waals surface area contributed by atoms with Gasteiger partial charge < -0.3 is 19.4 Å². The van der Waals surface area contributed by atoms with Crippen LogP contribution in [-0.4, -0.2) is 30.2 Å². The normalized spacial score (nSPS) is 11.0. The lowest BCUT2D eigenvalue weighted by molar-refractivity contribution is -0.117. The van der Waals surface area contributed by atoms with E-state index in [9.17, 15) is 14.9 Å². The first kappa shape index (κ1) is 24.3. The van der Waals surface area contributed by atoms with Gasteiger partial charge in [-0.3, -0.25) is 4.79 Å². The second-order valence-corrected chi connectivity index (χ2v) is 7.63. The summed E-state index contributed by atoms with van der Waals surface area (Å²) in [4.78, 5) is 24.8. The van der Waals surface area contributed by atoms with Crippen LogP contribution in [0.15, 0.2) is 60.2 Å². The van der Waals surface area contributed by atoms with Crippen molar-refractivity contribution in [3.8, 4) is 17.5 Å². The van der Waals surface area contributed by atoms with E-state index in [2.05, 4.69) is 5.32 Å². The topological polar surface area (TPSA) is 93.4 Å². The van der Waals surface area contributed by atoms with Crippen LogP contribution < -0.4 is 10.1 Å². The second-order valence-electron chi connectivity index (χ2n) is 7.63. The minimum atomic E-state index is -0.451. The number of ether oxygens (including phenoxy) is 2. The Morgan fingerprint density at radius 2 is 1.85 bits per heavy atom. The van der Waals surface area contributed by atoms with Crippen molar-refractivity contribution in [3.63, 3.8) is 0 Å². The Balaban J connectivity index is 1.83. The van der Waals surface area contributed by atoms with Crippen LogP contribution in [0.1, 0.15) is 39.8 Å². The standard InChI is InChI=1S/C27H27N3O4/c1-5-34-27(32)21-7-6-8-24(15-21)30-18(2)13-22(19(30)3)14-23(16-28)26(31)29-17-20-9-11-25(33-4)12-10-20/h6-15H,5,17H2,1-4H3,(H,29,31)/b23-14-. The van der Waals surface area contributed by atoms with E-state index >= 15 is 0 Å². The molecule has 0 aliphatic carbocycles. The average molecular weight is 458 g/mol. The quantitative estimate of drug-likeness (QED) is 0.305. The molecule has 0 aliphatic rings. The number of benzene rings is 2. The maximum Gasteiger partial charge on any atom is 0.338 e. The van der Waals surface area contributed by atoms with Crippen LogP contribution in [0.5, 0.6) is 5.75 Å². The Labute approximate surface area is 199 Å². The van der Waals surface area contributed by atoms with Crippen LogP contribution in [-0.2, 0) is 16.1 Å². The number of carbonyl (C=O) groups excluding carboxylic acids is 2. The SMILES string of the molecule is CCOC(=O)c1cccc(-n2c(C)cc(/C=C(/C#N)C(=O)NCc3ccc(OC)cc3)c2C)c1. The van der Waals surface area contributed by atoms with E-state index < -0.39 is 5.91 Å². The highest BCUT2D eigenvalue weighted by molar-refractivity contribution is 6.01. The summed E-state index contributed by atoms with van der Waals surface area (Å²) in [6, 6.07) is 18.4. The zero-order valence-corrected chi connectivity index (χ0v) is 19.7. The molecular formula is C27H27N3O4. The molecule has 3 aromatic rings. The van der Waals surface area contributed by atoms with E-state index in [1.54, 1.807) is 38.3 Å². The molecule has 0 radical (unpaired) electrons. The minimum absolute atomic E-state index is 0.00837. The fourth-order valence-electron chi connectivity index (χ4n) is 3.64. The predicted octanol–water partition coefficient (Wildman–Crippen LogP) is 4.50. The number of methoxy groups -OCH3 is 1. The summed E-state index contributed by atoms with van der Waals surface area (Å²) in [5.41, 5.74) is 4.65. The lowest BCUT2D eigenvalue weighted by Gasteiger charge is -2.11. The van der Waals surface area contributed by atoms with E-state index in [-0.39, 0.29) is 11.5 Å². The summed E-state index contributed by atoms with van der Waals surface area (Å²) in [7, 11) is 1.59. The van der Waals surface area contributed by atoms with Gasteiger partial charge in [0.15, 0.2) is 0 Å². The molecule has 0 bridgehead atoms. The van der Waals surface area contributed by atoms with Gasteiger partial charge in [0.2, 0.25) is 0 Å². The summed E-state index contributed by atoms with van der Waals surface area (Å²) in [6.07, 6.45) is 1.58. The van der Waals surface area contributed by atoms with Gasteiger partial charge in [-0.15, -0.1) is 0 Å². The van der Waals surface area contributed by atoms with Crippen LogP contribution >= 0.6 is 0 Å². The maximum atomic E-state index is 12.6. The molecule has 0 saturated heterocycles. The van der Waals surface area contributed by atoms with Crippen LogP contribution in [0.2, 0.25) is 0 Å². The van der Waals surface area contributed by atoms with Crippen LogP contribution in [0.25, 0.3) is 11.8 Å². The highest BCUT2D eigenvalue weighted by Crippen LogP contribution is 2.24. The summed E-state index contributed by atoms with van der Waals surface area (Å²) in [6.45, 7) is 6.19. The number of nitrogens with zero attached hydrogens (tertiary/aromatic N) is 2. The Bertz CT molecular complexity index is 1260. The number of esters is 1. The van der Waals surface area contributed by atoms with Crippen molar-refractivity contribution >= 4 is 18.0 Å². The largest absolute Gasteiger partial charge is 0.497 e. The number of aromatic nitrogens is 1. The number of carbonyl (C=O) groups is 2. The van der Waals surface area contributed by atoms with Crippen molar-refractivity contribution in [2.45, 2.75) is 27.3 Å². The summed E-state index contributed by atoms with van der Waals surface area (Å²) in [5, 5.41) is 12.4. The van der Waals surface area contributed by atoms with Crippen molar-refractivity contribution in [3.05, 3.63) is 88.2 Å². The molecule has 0 fully saturated rings. The van der Waals surface area contributed by atoms with Crippen LogP contribution in [0, 0.1) is 25.2 Å². The number of nitrogens with one attached hydrogen (secondary N) is 1. The monoisotopic (exact) mass is 457 g/mol. The first-order chi connectivity index (χ1) is 16.4. The predicted molar refractivity (Wildman–Crippen MR) is 130 cm³/mol. The molecule has 2 aromatic carbocycles. The Morgan fingerprint density at radius 3 is 2.50 bits per heavy atom. The number of hydrogen-bond acceptors (Lipinski definition) is 5. The summed E-state index contributed by atoms with van der Waals surface area (Å²) >= 11 is 0. The van der Waals surface area contributed by atoms with Gasteiger partial charge in [0.25, 0.3) is 5.91 Å². The Hall–Kier alpha value is -4.31. The Morgan fingerprint density at radius 1 is 1.12 bits per heavy atom. The van der Waals surface area contributed by atoms with E-state index in [1.165, 1.54) is 0 Å². The van der Waals surface area contributed by atoms with Crippen molar-refractivity contribution in [1.29, 1.82) is 5.26 Å². The maximum absolute atomic E-state index is 12.6. The van der Waals surface area contributed by atoms with Gasteiger partial charge in [-0.05, 0) is 74.4 Å². The molecule has 34 heavy (non-hydrogen) atoms. The van der Waals surface area contributed by atoms with Gasteiger partial charge in [-0.1, -0.05) is 18.2 Å². The molecule has 1 N–H and O–H groups in total. The molecule has 1 heterocycles. The van der Waals surface area contributed by atoms with E-state index in [4.69, 9.17) is 9.47 Å². The van der Waals surface area contributed by atoms with E-state index in [0.29, 0.717) is 18.7 Å². The second kappa shape index (κ2) is 11.0. The molecule has 7 heteroatoms. The van der Waals surface area contributed by atoms with Crippen LogP contribution in [0.3, 0.4) is 0 Å². The van der Waals surface area contributed by atoms with Crippen molar-refractivity contribution < 1.29 is 19.1 Å². The zero-order chi connectivity index (χ0) is 24.7. The third-order valence-electron chi connectivity index (χ3n) is 5.36. The fourth-order valence-corrected chi connectivity index (χ4v) is 3.64. The first-order valence-corrected chi connectivity index (χ1v) is 10.9. The van der Waals surface area contributed by atoms with Gasteiger partial charge in [0.05, 0.1) is 19.3 Å². The van der Waals surface area contributed by atoms with Crippen molar-refractivity contribution in [2.75, 3.05) is 13.7 Å². The number of hydrogen-bond donors (Lipinski definition) is 1. The first-order valence-electron chi connectivity index (χ1n) is 10.9. The lowest BCUT2D eigenvalue weighted by atomic mass is 10.1. The smallest absolute Gasteiger partial charge is 0.338 e. The van der Waals surface area contributed by atoms with Gasteiger partial charge in [0.1, 0.15) is 17.4 Å². The fraction of sp³-hybridized carbons (Fsp3) is 0.222. The van der Waals surface area contributed by atoms with Crippen molar-refractivity contribution in [2.24, 2.45) is 0 Å². The van der Waals surface area contributed by atoms with E-state index in [1.807, 2.05) is 60.9 Å². The number of rotatable bonds is 8. The van der Waals surface area contributed by atoms with Gasteiger partial charge in [-0.2, -0.15) is 5.26 Å².